The van der Waals surface area contributed by atoms with Crippen LogP contribution < -0.4 is 4.74 Å². The summed E-state index contributed by atoms with van der Waals surface area (Å²) in [4.78, 5) is 0. The summed E-state index contributed by atoms with van der Waals surface area (Å²) in [6.45, 7) is 12.4. The van der Waals surface area contributed by atoms with E-state index >= 15 is 0 Å². The molecule has 0 bridgehead atoms. The number of aliphatic hydroxyl groups excluding tert-OH is 2. The molecule has 0 heterocycles. The van der Waals surface area contributed by atoms with Gasteiger partial charge in [0.05, 0.1) is 46.2 Å². The van der Waals surface area contributed by atoms with Gasteiger partial charge in [-0.3, -0.25) is 0 Å². The predicted molar refractivity (Wildman–Crippen MR) is 151 cm³/mol. The van der Waals surface area contributed by atoms with Crippen molar-refractivity contribution < 1.29 is 28.8 Å². The lowest BCUT2D eigenvalue weighted by molar-refractivity contribution is -0.0111. The van der Waals surface area contributed by atoms with Gasteiger partial charge in [-0.25, -0.2) is 0 Å². The van der Waals surface area contributed by atoms with E-state index < -0.39 is 20.5 Å². The predicted octanol–water partition coefficient (Wildman–Crippen LogP) is 5.88. The lowest BCUT2D eigenvalue weighted by Crippen LogP contribution is -2.47. The second-order valence-corrected chi connectivity index (χ2v) is 15.7. The van der Waals surface area contributed by atoms with Crippen molar-refractivity contribution in [2.45, 2.75) is 77.2 Å². The van der Waals surface area contributed by atoms with Crippen LogP contribution in [-0.4, -0.2) is 57.7 Å². The van der Waals surface area contributed by atoms with Crippen LogP contribution in [0.5, 0.6) is 5.75 Å². The maximum atomic E-state index is 10.5. The fraction of sp³-hybridized carbons (Fsp3) is 0.533. The molecule has 2 atom stereocenters. The van der Waals surface area contributed by atoms with Gasteiger partial charge in [0.25, 0.3) is 0 Å². The van der Waals surface area contributed by atoms with Crippen LogP contribution in [0.4, 0.5) is 0 Å². The average Bonchev–Trinajstić information content (AvgIpc) is 2.88. The van der Waals surface area contributed by atoms with Crippen molar-refractivity contribution in [2.75, 3.05) is 26.9 Å². The molecule has 7 heteroatoms. The number of rotatable bonds is 16. The molecule has 2 aromatic rings. The first-order chi connectivity index (χ1) is 17.6. The van der Waals surface area contributed by atoms with E-state index in [9.17, 15) is 10.2 Å². The highest BCUT2D eigenvalue weighted by Gasteiger charge is 2.40. The Morgan fingerprint density at radius 3 is 2.16 bits per heavy atom. The molecule has 0 aliphatic heterocycles. The van der Waals surface area contributed by atoms with E-state index in [1.165, 1.54) is 0 Å². The molecular formula is C30H46O6Si. The number of methoxy groups -OCH3 is 1. The van der Waals surface area contributed by atoms with E-state index in [0.717, 1.165) is 22.4 Å². The molecule has 0 fully saturated rings. The van der Waals surface area contributed by atoms with Gasteiger partial charge in [-0.2, -0.15) is 0 Å². The average molecular weight is 531 g/mol. The van der Waals surface area contributed by atoms with Crippen molar-refractivity contribution in [3.05, 3.63) is 77.4 Å². The number of ether oxygens (including phenoxy) is 3. The molecule has 37 heavy (non-hydrogen) atoms. The van der Waals surface area contributed by atoms with Crippen LogP contribution in [0.3, 0.4) is 0 Å². The fourth-order valence-electron chi connectivity index (χ4n) is 3.51. The van der Waals surface area contributed by atoms with E-state index in [0.29, 0.717) is 39.3 Å². The molecule has 206 valence electrons. The zero-order valence-corrected chi connectivity index (χ0v) is 24.4. The van der Waals surface area contributed by atoms with Crippen LogP contribution in [0.15, 0.2) is 66.2 Å². The Morgan fingerprint density at radius 1 is 0.946 bits per heavy atom. The molecule has 0 spiro atoms. The summed E-state index contributed by atoms with van der Waals surface area (Å²) in [6, 6.07) is 17.9. The third-order valence-corrected chi connectivity index (χ3v) is 11.4. The summed E-state index contributed by atoms with van der Waals surface area (Å²) in [7, 11) is -0.471. The largest absolute Gasteiger partial charge is 0.497 e. The monoisotopic (exact) mass is 530 g/mol. The molecule has 0 amide bonds. The molecule has 0 aliphatic rings. The Kier molecular flexibility index (Phi) is 13.0. The number of hydrogen-bond donors (Lipinski definition) is 2. The zero-order valence-electron chi connectivity index (χ0n) is 23.4. The molecule has 0 saturated carbocycles. The SMILES string of the molecule is COc1ccc(COC/C(=C\COCc2ccccc2)CC[C@@H](O[Si](C)(C)C(C)(C)C)[C@@H](O)CO)cc1. The third-order valence-electron chi connectivity index (χ3n) is 6.94. The van der Waals surface area contributed by atoms with Crippen molar-refractivity contribution in [1.82, 2.24) is 0 Å². The number of aliphatic hydroxyl groups is 2. The minimum Gasteiger partial charge on any atom is -0.497 e. The van der Waals surface area contributed by atoms with Crippen molar-refractivity contribution in [3.63, 3.8) is 0 Å². The smallest absolute Gasteiger partial charge is 0.192 e. The van der Waals surface area contributed by atoms with Gasteiger partial charge in [0, 0.05) is 0 Å². The minimum absolute atomic E-state index is 0.00580. The second-order valence-electron chi connectivity index (χ2n) is 10.9. The molecule has 6 nitrogen and oxygen atoms in total. The fourth-order valence-corrected chi connectivity index (χ4v) is 4.90. The van der Waals surface area contributed by atoms with Crippen molar-refractivity contribution in [1.29, 1.82) is 0 Å². The molecule has 0 unspecified atom stereocenters. The van der Waals surface area contributed by atoms with Crippen molar-refractivity contribution >= 4 is 8.32 Å². The quantitative estimate of drug-likeness (QED) is 0.160. The highest BCUT2D eigenvalue weighted by Crippen LogP contribution is 2.38. The highest BCUT2D eigenvalue weighted by molar-refractivity contribution is 6.74. The summed E-state index contributed by atoms with van der Waals surface area (Å²) in [5, 5.41) is 20.2. The second kappa shape index (κ2) is 15.4. The Balaban J connectivity index is 2.03. The van der Waals surface area contributed by atoms with Gasteiger partial charge in [0.2, 0.25) is 0 Å². The van der Waals surface area contributed by atoms with Crippen LogP contribution in [-0.2, 0) is 27.1 Å². The lowest BCUT2D eigenvalue weighted by Gasteiger charge is -2.40. The summed E-state index contributed by atoms with van der Waals surface area (Å²) in [6.07, 6.45) is 1.95. The maximum absolute atomic E-state index is 10.5. The van der Waals surface area contributed by atoms with E-state index in [1.807, 2.05) is 54.6 Å². The Bertz CT molecular complexity index is 921. The minimum atomic E-state index is -2.12. The van der Waals surface area contributed by atoms with Gasteiger partial charge in [-0.15, -0.1) is 0 Å². The molecule has 2 N–H and O–H groups in total. The van der Waals surface area contributed by atoms with Gasteiger partial charge >= 0.3 is 0 Å². The first kappa shape index (κ1) is 31.2. The Hall–Kier alpha value is -2.00. The Morgan fingerprint density at radius 2 is 1.57 bits per heavy atom. The summed E-state index contributed by atoms with van der Waals surface area (Å²) < 4.78 is 23.6. The molecule has 2 rings (SSSR count). The van der Waals surface area contributed by atoms with Gasteiger partial charge < -0.3 is 28.8 Å². The molecule has 0 radical (unpaired) electrons. The van der Waals surface area contributed by atoms with Gasteiger partial charge in [0.1, 0.15) is 11.9 Å². The van der Waals surface area contributed by atoms with E-state index in [4.69, 9.17) is 18.6 Å². The van der Waals surface area contributed by atoms with Crippen molar-refractivity contribution in [3.8, 4) is 5.75 Å². The molecule has 0 aromatic heterocycles. The van der Waals surface area contributed by atoms with Gasteiger partial charge in [-0.05, 0) is 59.8 Å². The number of hydrogen-bond acceptors (Lipinski definition) is 6. The molecule has 0 aliphatic carbocycles. The lowest BCUT2D eigenvalue weighted by atomic mass is 10.0. The Labute approximate surface area is 224 Å². The molecule has 0 saturated heterocycles. The van der Waals surface area contributed by atoms with Crippen LogP contribution in [0.1, 0.15) is 44.7 Å². The van der Waals surface area contributed by atoms with E-state index in [2.05, 4.69) is 39.9 Å². The van der Waals surface area contributed by atoms with Crippen molar-refractivity contribution in [2.24, 2.45) is 0 Å². The standard InChI is InChI=1S/C30H46O6Si/c1-30(2,3)37(5,6)36-29(28(32)20-31)17-14-26(18-19-34-21-24-10-8-7-9-11-24)23-35-22-25-12-15-27(33-4)16-13-25/h7-13,15-16,18,28-29,31-32H,14,17,19-23H2,1-6H3/b26-18-/t28-,29+/m0/s1. The van der Waals surface area contributed by atoms with Crippen LogP contribution >= 0.6 is 0 Å². The first-order valence-electron chi connectivity index (χ1n) is 13.0. The molecule has 2 aromatic carbocycles. The summed E-state index contributed by atoms with van der Waals surface area (Å²) in [5.74, 6) is 0.815. The number of benzene rings is 2. The highest BCUT2D eigenvalue weighted by atomic mass is 28.4. The third kappa shape index (κ3) is 11.1. The maximum Gasteiger partial charge on any atom is 0.192 e. The zero-order chi connectivity index (χ0) is 27.3. The van der Waals surface area contributed by atoms with E-state index in [1.54, 1.807) is 7.11 Å². The molecular weight excluding hydrogens is 484 g/mol. The van der Waals surface area contributed by atoms with Gasteiger partial charge in [-0.1, -0.05) is 69.3 Å². The normalized spacial score (nSPS) is 14.4. The first-order valence-corrected chi connectivity index (χ1v) is 15.9. The summed E-state index contributed by atoms with van der Waals surface area (Å²) in [5.41, 5.74) is 3.27. The van der Waals surface area contributed by atoms with Crippen LogP contribution in [0, 0.1) is 0 Å². The van der Waals surface area contributed by atoms with E-state index in [-0.39, 0.29) is 11.6 Å². The topological polar surface area (TPSA) is 77.4 Å². The van der Waals surface area contributed by atoms with Crippen LogP contribution in [0.2, 0.25) is 18.1 Å². The van der Waals surface area contributed by atoms with Gasteiger partial charge in [0.15, 0.2) is 8.32 Å². The summed E-state index contributed by atoms with van der Waals surface area (Å²) >= 11 is 0. The van der Waals surface area contributed by atoms with Crippen LogP contribution in [0.25, 0.3) is 0 Å².